The summed E-state index contributed by atoms with van der Waals surface area (Å²) in [6, 6.07) is 10.5. The number of nitrogens with one attached hydrogen (secondary N) is 2. The molecule has 2 aliphatic rings. The van der Waals surface area contributed by atoms with Gasteiger partial charge in [0.1, 0.15) is 0 Å². The second kappa shape index (κ2) is 7.62. The van der Waals surface area contributed by atoms with Gasteiger partial charge in [0.15, 0.2) is 0 Å². The van der Waals surface area contributed by atoms with Crippen molar-refractivity contribution in [3.8, 4) is 0 Å². The minimum atomic E-state index is -0.225. The number of benzene rings is 1. The molecule has 1 heterocycles. The fourth-order valence-corrected chi connectivity index (χ4v) is 4.49. The second-order valence-electron chi connectivity index (χ2n) is 7.57. The molecule has 0 bridgehead atoms. The Bertz CT molecular complexity index is 863. The van der Waals surface area contributed by atoms with Gasteiger partial charge < -0.3 is 10.3 Å². The van der Waals surface area contributed by atoms with E-state index >= 15 is 0 Å². The van der Waals surface area contributed by atoms with Crippen LogP contribution in [0.25, 0.3) is 0 Å². The van der Waals surface area contributed by atoms with Crippen molar-refractivity contribution in [3.63, 3.8) is 0 Å². The summed E-state index contributed by atoms with van der Waals surface area (Å²) in [5.41, 5.74) is 2.65. The smallest absolute Gasteiger partial charge is 0.309 e. The van der Waals surface area contributed by atoms with E-state index in [1.165, 1.54) is 16.6 Å². The van der Waals surface area contributed by atoms with Gasteiger partial charge in [0.25, 0.3) is 5.56 Å². The lowest BCUT2D eigenvalue weighted by atomic mass is 9.95. The molecule has 0 aliphatic heterocycles. The second-order valence-corrected chi connectivity index (χ2v) is 7.57. The minimum absolute atomic E-state index is 0.0528. The van der Waals surface area contributed by atoms with E-state index < -0.39 is 0 Å². The number of aromatic amines is 1. The molecule has 2 N–H and O–H groups in total. The topological polar surface area (TPSA) is 66.9 Å². The molecule has 1 saturated carbocycles. The van der Waals surface area contributed by atoms with Crippen molar-refractivity contribution in [2.24, 2.45) is 0 Å². The molecule has 1 aromatic heterocycles. The van der Waals surface area contributed by atoms with E-state index in [1.807, 2.05) is 18.2 Å². The zero-order chi connectivity index (χ0) is 17.9. The molecule has 0 radical (unpaired) electrons. The molecule has 1 atom stereocenters. The van der Waals surface area contributed by atoms with Gasteiger partial charge in [-0.1, -0.05) is 49.6 Å². The Hall–Kier alpha value is -2.14. The number of aromatic nitrogens is 2. The minimum Gasteiger partial charge on any atom is -0.309 e. The van der Waals surface area contributed by atoms with Gasteiger partial charge in [0.2, 0.25) is 0 Å². The highest BCUT2D eigenvalue weighted by molar-refractivity contribution is 5.26. The standard InChI is InChI=1S/C21H27N3O2/c25-20-17-11-12-18(22-14-13-15-7-3-1-4-8-15)19(17)23-21(26)24(20)16-9-5-2-6-10-16/h1,3-4,7-8,16,18,22H,2,5-6,9-14H2,(H,23,26)/t18-/m1/s1. The number of hydrogen-bond donors (Lipinski definition) is 2. The van der Waals surface area contributed by atoms with Gasteiger partial charge in [-0.25, -0.2) is 4.79 Å². The van der Waals surface area contributed by atoms with E-state index in [-0.39, 0.29) is 23.3 Å². The maximum atomic E-state index is 12.9. The average Bonchev–Trinajstić information content (AvgIpc) is 3.07. The Kier molecular flexibility index (Phi) is 5.07. The van der Waals surface area contributed by atoms with Gasteiger partial charge >= 0.3 is 5.69 Å². The SMILES string of the molecule is O=c1[nH]c2c(c(=O)n1C1CCCCC1)CC[C@H]2NCCc1ccccc1. The molecule has 5 nitrogen and oxygen atoms in total. The van der Waals surface area contributed by atoms with Crippen molar-refractivity contribution in [2.45, 2.75) is 63.5 Å². The van der Waals surface area contributed by atoms with Crippen molar-refractivity contribution in [1.29, 1.82) is 0 Å². The summed E-state index contributed by atoms with van der Waals surface area (Å²) in [5, 5.41) is 3.52. The summed E-state index contributed by atoms with van der Waals surface area (Å²) in [6.45, 7) is 0.835. The quantitative estimate of drug-likeness (QED) is 0.869. The van der Waals surface area contributed by atoms with Crippen LogP contribution in [-0.2, 0) is 12.8 Å². The molecule has 5 heteroatoms. The van der Waals surface area contributed by atoms with Crippen molar-refractivity contribution >= 4 is 0 Å². The number of rotatable bonds is 5. The van der Waals surface area contributed by atoms with Crippen LogP contribution in [0.4, 0.5) is 0 Å². The first-order chi connectivity index (χ1) is 12.7. The summed E-state index contributed by atoms with van der Waals surface area (Å²) in [6.07, 6.45) is 7.89. The maximum absolute atomic E-state index is 12.9. The highest BCUT2D eigenvalue weighted by Crippen LogP contribution is 2.29. The fourth-order valence-electron chi connectivity index (χ4n) is 4.49. The molecular weight excluding hydrogens is 326 g/mol. The van der Waals surface area contributed by atoms with Crippen LogP contribution < -0.4 is 16.6 Å². The van der Waals surface area contributed by atoms with Gasteiger partial charge in [0.05, 0.1) is 0 Å². The zero-order valence-corrected chi connectivity index (χ0v) is 15.2. The molecule has 0 unspecified atom stereocenters. The van der Waals surface area contributed by atoms with Crippen LogP contribution >= 0.6 is 0 Å². The van der Waals surface area contributed by atoms with Crippen molar-refractivity contribution < 1.29 is 0 Å². The Labute approximate surface area is 153 Å². The average molecular weight is 353 g/mol. The predicted molar refractivity (Wildman–Crippen MR) is 103 cm³/mol. The summed E-state index contributed by atoms with van der Waals surface area (Å²) >= 11 is 0. The summed E-state index contributed by atoms with van der Waals surface area (Å²) in [7, 11) is 0. The zero-order valence-electron chi connectivity index (χ0n) is 15.2. The molecule has 2 aromatic rings. The third-order valence-corrected chi connectivity index (χ3v) is 5.88. The number of hydrogen-bond acceptors (Lipinski definition) is 3. The van der Waals surface area contributed by atoms with E-state index in [0.29, 0.717) is 0 Å². The third-order valence-electron chi connectivity index (χ3n) is 5.88. The number of nitrogens with zero attached hydrogens (tertiary/aromatic N) is 1. The summed E-state index contributed by atoms with van der Waals surface area (Å²) in [4.78, 5) is 28.6. The normalized spacial score (nSPS) is 20.2. The molecule has 1 fully saturated rings. The van der Waals surface area contributed by atoms with Gasteiger partial charge in [-0.3, -0.25) is 9.36 Å². The molecule has 4 rings (SSSR count). The number of H-pyrrole nitrogens is 1. The Morgan fingerprint density at radius 1 is 1.04 bits per heavy atom. The van der Waals surface area contributed by atoms with Crippen LogP contribution in [0.15, 0.2) is 39.9 Å². The molecule has 0 saturated heterocycles. The predicted octanol–water partition coefficient (Wildman–Crippen LogP) is 2.86. The largest absolute Gasteiger partial charge is 0.328 e. The van der Waals surface area contributed by atoms with Crippen LogP contribution in [-0.4, -0.2) is 16.1 Å². The van der Waals surface area contributed by atoms with Gasteiger partial charge in [0, 0.05) is 23.3 Å². The van der Waals surface area contributed by atoms with Crippen LogP contribution in [0.1, 0.15) is 67.4 Å². The molecule has 0 spiro atoms. The first-order valence-electron chi connectivity index (χ1n) is 9.89. The van der Waals surface area contributed by atoms with Gasteiger partial charge in [-0.2, -0.15) is 0 Å². The highest BCUT2D eigenvalue weighted by Gasteiger charge is 2.29. The van der Waals surface area contributed by atoms with Gasteiger partial charge in [-0.05, 0) is 44.2 Å². The van der Waals surface area contributed by atoms with Crippen LogP contribution in [0.5, 0.6) is 0 Å². The Balaban J connectivity index is 1.50. The molecule has 0 amide bonds. The van der Waals surface area contributed by atoms with Gasteiger partial charge in [-0.15, -0.1) is 0 Å². The Morgan fingerprint density at radius 2 is 1.81 bits per heavy atom. The molecular formula is C21H27N3O2. The first-order valence-corrected chi connectivity index (χ1v) is 9.89. The van der Waals surface area contributed by atoms with Crippen molar-refractivity contribution in [3.05, 3.63) is 68.0 Å². The van der Waals surface area contributed by atoms with Crippen LogP contribution in [0.2, 0.25) is 0 Å². The lowest BCUT2D eigenvalue weighted by molar-refractivity contribution is 0.334. The monoisotopic (exact) mass is 353 g/mol. The van der Waals surface area contributed by atoms with E-state index in [0.717, 1.165) is 62.7 Å². The summed E-state index contributed by atoms with van der Waals surface area (Å²) < 4.78 is 1.50. The number of fused-ring (bicyclic) bond motifs is 1. The van der Waals surface area contributed by atoms with E-state index in [9.17, 15) is 9.59 Å². The lowest BCUT2D eigenvalue weighted by Gasteiger charge is -2.23. The maximum Gasteiger partial charge on any atom is 0.328 e. The fraction of sp³-hybridized carbons (Fsp3) is 0.524. The first kappa shape index (κ1) is 17.3. The highest BCUT2D eigenvalue weighted by atomic mass is 16.2. The van der Waals surface area contributed by atoms with Crippen molar-refractivity contribution in [2.75, 3.05) is 6.54 Å². The molecule has 2 aliphatic carbocycles. The molecule has 26 heavy (non-hydrogen) atoms. The van der Waals surface area contributed by atoms with Crippen molar-refractivity contribution in [1.82, 2.24) is 14.9 Å². The summed E-state index contributed by atoms with van der Waals surface area (Å²) in [5.74, 6) is 0. The van der Waals surface area contributed by atoms with E-state index in [1.54, 1.807) is 0 Å². The lowest BCUT2D eigenvalue weighted by Crippen LogP contribution is -2.41. The Morgan fingerprint density at radius 3 is 2.58 bits per heavy atom. The van der Waals surface area contributed by atoms with E-state index in [4.69, 9.17) is 0 Å². The van der Waals surface area contributed by atoms with Crippen LogP contribution in [0.3, 0.4) is 0 Å². The van der Waals surface area contributed by atoms with Crippen LogP contribution in [0, 0.1) is 0 Å². The van der Waals surface area contributed by atoms with E-state index in [2.05, 4.69) is 22.4 Å². The molecule has 1 aromatic carbocycles. The third kappa shape index (κ3) is 3.40. The molecule has 138 valence electrons.